The number of aliphatic carboxylic acids is 1. The summed E-state index contributed by atoms with van der Waals surface area (Å²) in [7, 11) is 1.61. The maximum Gasteiger partial charge on any atom is 0.308 e. The van der Waals surface area contributed by atoms with E-state index in [1.807, 2.05) is 11.0 Å². The Morgan fingerprint density at radius 2 is 2.47 bits per heavy atom. The highest BCUT2D eigenvalue weighted by atomic mass is 16.5. The third-order valence-electron chi connectivity index (χ3n) is 2.86. The number of carboxylic acid groups (broad SMARTS) is 1. The number of hydrogen-bond donors (Lipinski definition) is 1. The van der Waals surface area contributed by atoms with Crippen molar-refractivity contribution < 1.29 is 14.6 Å². The van der Waals surface area contributed by atoms with Crippen LogP contribution in [0.25, 0.3) is 0 Å². The molecule has 17 heavy (non-hydrogen) atoms. The lowest BCUT2D eigenvalue weighted by atomic mass is 10.1. The minimum absolute atomic E-state index is 0.296. The summed E-state index contributed by atoms with van der Waals surface area (Å²) in [6.45, 7) is 1.67. The summed E-state index contributed by atoms with van der Waals surface area (Å²) >= 11 is 0. The Morgan fingerprint density at radius 1 is 1.65 bits per heavy atom. The van der Waals surface area contributed by atoms with Gasteiger partial charge in [0, 0.05) is 26.3 Å². The van der Waals surface area contributed by atoms with E-state index in [2.05, 4.69) is 9.97 Å². The van der Waals surface area contributed by atoms with E-state index >= 15 is 0 Å². The molecule has 1 aromatic rings. The van der Waals surface area contributed by atoms with Crippen molar-refractivity contribution in [3.63, 3.8) is 0 Å². The van der Waals surface area contributed by atoms with Crippen LogP contribution >= 0.6 is 0 Å². The number of carboxylic acids is 1. The van der Waals surface area contributed by atoms with Crippen LogP contribution in [0.15, 0.2) is 12.4 Å². The lowest BCUT2D eigenvalue weighted by molar-refractivity contribution is -0.140. The first-order valence-corrected chi connectivity index (χ1v) is 5.48. The molecule has 1 atom stereocenters. The van der Waals surface area contributed by atoms with Gasteiger partial charge in [-0.2, -0.15) is 0 Å². The van der Waals surface area contributed by atoms with Crippen LogP contribution in [0, 0.1) is 5.92 Å². The topological polar surface area (TPSA) is 75.5 Å². The van der Waals surface area contributed by atoms with Gasteiger partial charge in [-0.05, 0) is 6.42 Å². The van der Waals surface area contributed by atoms with Gasteiger partial charge in [-0.25, -0.2) is 9.97 Å². The molecule has 92 valence electrons. The van der Waals surface area contributed by atoms with Gasteiger partial charge < -0.3 is 14.7 Å². The highest BCUT2D eigenvalue weighted by Gasteiger charge is 2.28. The molecule has 0 saturated carbocycles. The van der Waals surface area contributed by atoms with E-state index < -0.39 is 5.97 Å². The maximum absolute atomic E-state index is 10.9. The van der Waals surface area contributed by atoms with Gasteiger partial charge in [0.25, 0.3) is 0 Å². The van der Waals surface area contributed by atoms with E-state index in [0.717, 1.165) is 18.1 Å². The average Bonchev–Trinajstić information content (AvgIpc) is 2.79. The summed E-state index contributed by atoms with van der Waals surface area (Å²) in [5, 5.41) is 8.94. The first kappa shape index (κ1) is 11.8. The Kier molecular flexibility index (Phi) is 3.53. The largest absolute Gasteiger partial charge is 0.481 e. The van der Waals surface area contributed by atoms with Crippen molar-refractivity contribution in [2.45, 2.75) is 13.0 Å². The smallest absolute Gasteiger partial charge is 0.308 e. The number of ether oxygens (including phenoxy) is 1. The van der Waals surface area contributed by atoms with E-state index in [9.17, 15) is 4.79 Å². The number of hydrogen-bond acceptors (Lipinski definition) is 5. The summed E-state index contributed by atoms with van der Waals surface area (Å²) < 4.78 is 5.00. The molecule has 0 amide bonds. The van der Waals surface area contributed by atoms with E-state index in [4.69, 9.17) is 9.84 Å². The molecule has 1 aliphatic heterocycles. The normalized spacial score (nSPS) is 19.6. The molecule has 1 aliphatic rings. The number of carbonyl (C=O) groups is 1. The fourth-order valence-electron chi connectivity index (χ4n) is 1.96. The molecule has 0 unspecified atom stereocenters. The Labute approximate surface area is 99.2 Å². The van der Waals surface area contributed by atoms with Crippen molar-refractivity contribution in [2.24, 2.45) is 5.92 Å². The third kappa shape index (κ3) is 2.71. The molecule has 0 bridgehead atoms. The van der Waals surface area contributed by atoms with Gasteiger partial charge in [0.15, 0.2) is 0 Å². The fraction of sp³-hybridized carbons (Fsp3) is 0.545. The second-order valence-corrected chi connectivity index (χ2v) is 4.07. The Hall–Kier alpha value is -1.69. The van der Waals surface area contributed by atoms with Crippen LogP contribution in [-0.4, -0.2) is 41.2 Å². The van der Waals surface area contributed by atoms with Gasteiger partial charge in [0.05, 0.1) is 18.2 Å². The molecule has 0 aromatic carbocycles. The van der Waals surface area contributed by atoms with Gasteiger partial charge in [0.1, 0.15) is 12.1 Å². The molecule has 0 aliphatic carbocycles. The molecule has 1 aromatic heterocycles. The predicted octanol–water partition coefficient (Wildman–Crippen LogP) is 0.534. The molecule has 6 heteroatoms. The molecule has 2 heterocycles. The van der Waals surface area contributed by atoms with Crippen LogP contribution in [-0.2, 0) is 16.1 Å². The van der Waals surface area contributed by atoms with Crippen LogP contribution in [0.4, 0.5) is 5.82 Å². The Balaban J connectivity index is 2.08. The average molecular weight is 237 g/mol. The summed E-state index contributed by atoms with van der Waals surface area (Å²) in [5.41, 5.74) is 0.802. The minimum atomic E-state index is -0.737. The van der Waals surface area contributed by atoms with Crippen LogP contribution in [0.1, 0.15) is 12.1 Å². The van der Waals surface area contributed by atoms with Crippen molar-refractivity contribution in [2.75, 3.05) is 25.1 Å². The number of rotatable bonds is 4. The molecule has 6 nitrogen and oxygen atoms in total. The standard InChI is InChI=1S/C11H15N3O3/c1-17-6-9-4-10(13-7-12-9)14-3-2-8(5-14)11(15)16/h4,7-8H,2-3,5-6H2,1H3,(H,15,16)/t8-/m0/s1. The molecule has 1 saturated heterocycles. The summed E-state index contributed by atoms with van der Waals surface area (Å²) in [6, 6.07) is 1.84. The van der Waals surface area contributed by atoms with E-state index in [1.54, 1.807) is 7.11 Å². The van der Waals surface area contributed by atoms with Gasteiger partial charge in [0.2, 0.25) is 0 Å². The molecular weight excluding hydrogens is 222 g/mol. The second kappa shape index (κ2) is 5.09. The van der Waals surface area contributed by atoms with Gasteiger partial charge in [-0.3, -0.25) is 4.79 Å². The monoisotopic (exact) mass is 237 g/mol. The van der Waals surface area contributed by atoms with Crippen molar-refractivity contribution in [1.29, 1.82) is 0 Å². The minimum Gasteiger partial charge on any atom is -0.481 e. The number of methoxy groups -OCH3 is 1. The SMILES string of the molecule is COCc1cc(N2CC[C@H](C(=O)O)C2)ncn1. The number of anilines is 1. The molecule has 2 rings (SSSR count). The first-order valence-electron chi connectivity index (χ1n) is 5.48. The molecule has 0 radical (unpaired) electrons. The quantitative estimate of drug-likeness (QED) is 0.823. The summed E-state index contributed by atoms with van der Waals surface area (Å²) in [4.78, 5) is 21.1. The van der Waals surface area contributed by atoms with Crippen molar-refractivity contribution in [3.05, 3.63) is 18.1 Å². The summed E-state index contributed by atoms with van der Waals surface area (Å²) in [5.74, 6) is -0.259. The first-order chi connectivity index (χ1) is 8.20. The van der Waals surface area contributed by atoms with Crippen LogP contribution in [0.5, 0.6) is 0 Å². The highest BCUT2D eigenvalue weighted by molar-refractivity contribution is 5.71. The van der Waals surface area contributed by atoms with Gasteiger partial charge in [-0.1, -0.05) is 0 Å². The zero-order valence-electron chi connectivity index (χ0n) is 9.67. The number of nitrogens with zero attached hydrogens (tertiary/aromatic N) is 3. The molecule has 1 fully saturated rings. The van der Waals surface area contributed by atoms with E-state index in [0.29, 0.717) is 19.6 Å². The third-order valence-corrected chi connectivity index (χ3v) is 2.86. The van der Waals surface area contributed by atoms with Crippen molar-refractivity contribution in [3.8, 4) is 0 Å². The van der Waals surface area contributed by atoms with Crippen LogP contribution in [0.3, 0.4) is 0 Å². The predicted molar refractivity (Wildman–Crippen MR) is 60.7 cm³/mol. The van der Waals surface area contributed by atoms with Gasteiger partial charge >= 0.3 is 5.97 Å². The molecule has 1 N–H and O–H groups in total. The van der Waals surface area contributed by atoms with Crippen molar-refractivity contribution in [1.82, 2.24) is 9.97 Å². The van der Waals surface area contributed by atoms with Crippen LogP contribution in [0.2, 0.25) is 0 Å². The lowest BCUT2D eigenvalue weighted by Gasteiger charge is -2.16. The summed E-state index contributed by atoms with van der Waals surface area (Å²) in [6.07, 6.45) is 2.15. The zero-order chi connectivity index (χ0) is 12.3. The highest BCUT2D eigenvalue weighted by Crippen LogP contribution is 2.22. The second-order valence-electron chi connectivity index (χ2n) is 4.07. The Bertz CT molecular complexity index is 411. The Morgan fingerprint density at radius 3 is 3.12 bits per heavy atom. The maximum atomic E-state index is 10.9. The van der Waals surface area contributed by atoms with E-state index in [-0.39, 0.29) is 5.92 Å². The van der Waals surface area contributed by atoms with Gasteiger partial charge in [-0.15, -0.1) is 0 Å². The lowest BCUT2D eigenvalue weighted by Crippen LogP contribution is -2.23. The molecular formula is C11H15N3O3. The van der Waals surface area contributed by atoms with Crippen molar-refractivity contribution >= 4 is 11.8 Å². The number of aromatic nitrogens is 2. The van der Waals surface area contributed by atoms with E-state index in [1.165, 1.54) is 6.33 Å². The fourth-order valence-corrected chi connectivity index (χ4v) is 1.96. The zero-order valence-corrected chi connectivity index (χ0v) is 9.67. The van der Waals surface area contributed by atoms with Crippen LogP contribution < -0.4 is 4.90 Å². The molecule has 0 spiro atoms.